The van der Waals surface area contributed by atoms with E-state index in [9.17, 15) is 23.3 Å². The third kappa shape index (κ3) is 11.4. The average Bonchev–Trinajstić information content (AvgIpc) is 1.41. The van der Waals surface area contributed by atoms with Crippen molar-refractivity contribution in [2.45, 2.75) is 107 Å². The molecule has 6 fully saturated rings. The van der Waals surface area contributed by atoms with E-state index >= 15 is 0 Å². The Hall–Kier alpha value is -7.55. The Balaban J connectivity index is 0.729. The van der Waals surface area contributed by atoms with E-state index in [-0.39, 0.29) is 65.9 Å². The van der Waals surface area contributed by atoms with Crippen LogP contribution in [0.25, 0.3) is 11.0 Å². The summed E-state index contributed by atoms with van der Waals surface area (Å²) in [7, 11) is -3.13. The van der Waals surface area contributed by atoms with Crippen molar-refractivity contribution in [1.82, 2.24) is 34.5 Å². The Morgan fingerprint density at radius 2 is 1.66 bits per heavy atom. The highest BCUT2D eigenvalue weighted by Gasteiger charge is 2.56. The van der Waals surface area contributed by atoms with Crippen LogP contribution in [0.1, 0.15) is 86.8 Å². The number of pyridine rings is 3. The second-order valence-electron chi connectivity index (χ2n) is 25.3. The van der Waals surface area contributed by atoms with Gasteiger partial charge in [0.1, 0.15) is 29.8 Å². The smallest absolute Gasteiger partial charge is 0.300 e. The molecule has 7 aliphatic heterocycles. The summed E-state index contributed by atoms with van der Waals surface area (Å²) in [6.07, 6.45) is 8.35. The van der Waals surface area contributed by atoms with Crippen LogP contribution in [0.15, 0.2) is 84.1 Å². The lowest BCUT2D eigenvalue weighted by atomic mass is 9.53. The maximum atomic E-state index is 15.0. The third-order valence-corrected chi connectivity index (χ3v) is 21.2. The molecule has 2 unspecified atom stereocenters. The molecule has 5 saturated heterocycles. The number of ether oxygens (including phenoxy) is 7. The van der Waals surface area contributed by atoms with Gasteiger partial charge in [-0.1, -0.05) is 25.1 Å². The first-order valence-electron chi connectivity index (χ1n) is 31.4. The van der Waals surface area contributed by atoms with Crippen molar-refractivity contribution in [3.05, 3.63) is 106 Å². The highest BCUT2D eigenvalue weighted by molar-refractivity contribution is 7.90. The average molecular weight is 1240 g/mol. The number of H-pyrrole nitrogens is 1. The lowest BCUT2D eigenvalue weighted by molar-refractivity contribution is -0.384. The largest absolute Gasteiger partial charge is 0.493 e. The van der Waals surface area contributed by atoms with Crippen molar-refractivity contribution >= 4 is 61.2 Å². The van der Waals surface area contributed by atoms with E-state index in [0.29, 0.717) is 74.3 Å². The number of sulfonamides is 1. The van der Waals surface area contributed by atoms with Crippen molar-refractivity contribution < 1.29 is 51.3 Å². The predicted octanol–water partition coefficient (Wildman–Crippen LogP) is 7.85. The lowest BCUT2D eigenvalue weighted by Crippen LogP contribution is -2.64. The van der Waals surface area contributed by atoms with E-state index in [4.69, 9.17) is 43.1 Å². The summed E-state index contributed by atoms with van der Waals surface area (Å²) in [6.45, 7) is 16.3. The van der Waals surface area contributed by atoms with Gasteiger partial charge in [-0.25, -0.2) is 9.71 Å². The Morgan fingerprint density at radius 3 is 2.45 bits per heavy atom. The second kappa shape index (κ2) is 24.3. The molecule has 1 aliphatic carbocycles. The molecule has 89 heavy (non-hydrogen) atoms. The molecule has 0 bridgehead atoms. The predicted molar refractivity (Wildman–Crippen MR) is 333 cm³/mol. The number of aromatic nitrogens is 4. The minimum atomic E-state index is -4.84. The molecule has 8 aliphatic rings. The van der Waals surface area contributed by atoms with E-state index in [2.05, 4.69) is 95.6 Å². The minimum Gasteiger partial charge on any atom is -0.493 e. The number of aromatic amines is 1. The molecule has 25 heteroatoms. The number of piperazine rings is 1. The second-order valence-corrected chi connectivity index (χ2v) is 27.0. The van der Waals surface area contributed by atoms with Gasteiger partial charge in [0.05, 0.1) is 73.4 Å². The van der Waals surface area contributed by atoms with Crippen LogP contribution in [-0.4, -0.2) is 178 Å². The number of hydrogen-bond acceptors (Lipinski definition) is 21. The molecule has 3 N–H and O–H groups in total. The molecule has 1 spiro atoms. The number of nitro groups is 1. The van der Waals surface area contributed by atoms with Gasteiger partial charge >= 0.3 is 5.69 Å². The first-order valence-corrected chi connectivity index (χ1v) is 32.9. The van der Waals surface area contributed by atoms with Gasteiger partial charge in [0.2, 0.25) is 11.8 Å². The van der Waals surface area contributed by atoms with Crippen LogP contribution in [0.4, 0.5) is 34.3 Å². The van der Waals surface area contributed by atoms with Crippen molar-refractivity contribution in [2.24, 2.45) is 17.3 Å². The zero-order valence-corrected chi connectivity index (χ0v) is 51.6. The summed E-state index contributed by atoms with van der Waals surface area (Å²) in [4.78, 5) is 56.2. The first-order chi connectivity index (χ1) is 43.2. The summed E-state index contributed by atoms with van der Waals surface area (Å²) in [5.74, 6) is 2.25. The monoisotopic (exact) mass is 1240 g/mol. The Morgan fingerprint density at radius 1 is 0.865 bits per heavy atom. The zero-order chi connectivity index (χ0) is 61.1. The Kier molecular flexibility index (Phi) is 16.2. The molecule has 24 nitrogen and oxygen atoms in total. The number of carbonyl (C=O) groups excluding carboxylic acids is 1. The quantitative estimate of drug-likeness (QED) is 0.0653. The maximum absolute atomic E-state index is 15.0. The minimum absolute atomic E-state index is 0.00605. The molecule has 6 aromatic rings. The van der Waals surface area contributed by atoms with Crippen LogP contribution in [0.2, 0.25) is 0 Å². The van der Waals surface area contributed by atoms with E-state index < -0.39 is 37.7 Å². The number of benzene rings is 2. The van der Waals surface area contributed by atoms with Gasteiger partial charge in [-0.05, 0) is 118 Å². The molecule has 4 aromatic heterocycles. The summed E-state index contributed by atoms with van der Waals surface area (Å²) in [5, 5.41) is 16.0. The van der Waals surface area contributed by atoms with Crippen molar-refractivity contribution in [3.63, 3.8) is 0 Å². The van der Waals surface area contributed by atoms with Gasteiger partial charge in [-0.3, -0.25) is 24.7 Å². The number of anilines is 5. The van der Waals surface area contributed by atoms with Gasteiger partial charge in [0.25, 0.3) is 15.9 Å². The standard InChI is InChI=1S/C64H78N12O12S/c1-39(2)87-54-8-6-5-7-45(54)53-36-71(35-41-29-55(82-4)60(66-34-41)73-22-27-84-28-23-73)20-21-74(53)52-33-64(40(52)3)15-18-72(19-16-64)44-9-10-46(49(31-44)75-48-14-26-85-38-56(48)88-62-51(75)30-43-11-17-65-59(43)69-62)61(77)70-89(80,81)57-32-50(76(78)79)58-63(68-57)86-37-47(67-58)42-12-24-83-25-13-42/h5-11,17,29-32,34,39-40,42,47-48,52-53,56,67H,12-16,18-28,33,35-38H2,1-4H3,(H,65,69)(H,70,77)/t40?,47-,48+,52?,53-,56+/m1/s1. The fourth-order valence-corrected chi connectivity index (χ4v) is 16.1. The summed E-state index contributed by atoms with van der Waals surface area (Å²) >= 11 is 0. The van der Waals surface area contributed by atoms with Gasteiger partial charge in [-0.2, -0.15) is 18.4 Å². The number of rotatable bonds is 15. The molecule has 0 radical (unpaired) electrons. The number of fused-ring (bicyclic) bond motifs is 4. The lowest BCUT2D eigenvalue weighted by Gasteiger charge is -2.62. The van der Waals surface area contributed by atoms with Crippen LogP contribution in [0, 0.1) is 27.4 Å². The molecular weight excluding hydrogens is 1160 g/mol. The van der Waals surface area contributed by atoms with Gasteiger partial charge in [0, 0.05) is 107 Å². The molecule has 14 rings (SSSR count). The van der Waals surface area contributed by atoms with Gasteiger partial charge in [0.15, 0.2) is 22.3 Å². The molecular formula is C64H78N12O12S. The van der Waals surface area contributed by atoms with Crippen molar-refractivity contribution in [1.29, 1.82) is 0 Å². The Bertz CT molecular complexity index is 3740. The van der Waals surface area contributed by atoms with E-state index in [1.165, 1.54) is 5.56 Å². The zero-order valence-electron chi connectivity index (χ0n) is 50.8. The number of para-hydroxylation sites is 1. The number of hydrogen-bond donors (Lipinski definition) is 3. The van der Waals surface area contributed by atoms with E-state index in [1.807, 2.05) is 30.5 Å². The number of carbonyl (C=O) groups is 1. The number of methoxy groups -OCH3 is 1. The number of morpholine rings is 1. The topological polar surface area (TPSA) is 254 Å². The molecule has 11 heterocycles. The number of nitrogens with one attached hydrogen (secondary N) is 3. The van der Waals surface area contributed by atoms with Gasteiger partial charge in [-0.15, -0.1) is 0 Å². The van der Waals surface area contributed by atoms with Crippen LogP contribution < -0.4 is 43.7 Å². The van der Waals surface area contributed by atoms with Crippen molar-refractivity contribution in [3.8, 4) is 23.3 Å². The first kappa shape index (κ1) is 59.1. The van der Waals surface area contributed by atoms with Crippen LogP contribution >= 0.6 is 0 Å². The number of amides is 1. The molecule has 6 atom stereocenters. The fraction of sp³-hybridized carbons (Fsp3) is 0.531. The van der Waals surface area contributed by atoms with E-state index in [1.54, 1.807) is 19.4 Å². The molecule has 1 amide bonds. The maximum Gasteiger partial charge on any atom is 0.300 e. The highest BCUT2D eigenvalue weighted by Crippen LogP contribution is 2.58. The molecule has 472 valence electrons. The number of piperidine rings is 1. The van der Waals surface area contributed by atoms with Crippen LogP contribution in [-0.2, 0) is 30.8 Å². The summed E-state index contributed by atoms with van der Waals surface area (Å²) in [6, 6.07) is 20.8. The van der Waals surface area contributed by atoms with Crippen LogP contribution in [0.5, 0.6) is 23.3 Å². The van der Waals surface area contributed by atoms with Crippen molar-refractivity contribution in [2.75, 3.05) is 119 Å². The SMILES string of the molecule is COc1cc(CN2CCN(C3CC4(CCN(c5ccc(C(=O)NS(=O)(=O)c6cc([N+](=O)[O-])c7c(n6)OC[C@H](C6CCOCC6)N7)c(N6c7cc8cc[nH]c8nc7O[C@H]7COCC[C@@H]76)c5)CC4)C3C)[C@@H](c3ccccc3OC(C)C)C2)cnc1N1CCOCC1. The summed E-state index contributed by atoms with van der Waals surface area (Å²) in [5.41, 5.74) is 4.51. The highest BCUT2D eigenvalue weighted by atomic mass is 32.2. The van der Waals surface area contributed by atoms with Gasteiger partial charge < -0.3 is 58.2 Å². The normalized spacial score (nSPS) is 24.8. The molecule has 1 saturated carbocycles. The summed E-state index contributed by atoms with van der Waals surface area (Å²) < 4.78 is 73.3. The van der Waals surface area contributed by atoms with Crippen LogP contribution in [0.3, 0.4) is 0 Å². The molecule has 2 aromatic carbocycles. The number of nitrogens with zero attached hydrogens (tertiary/aromatic N) is 9. The van der Waals surface area contributed by atoms with E-state index in [0.717, 1.165) is 124 Å². The fourth-order valence-electron chi connectivity index (χ4n) is 15.1. The Labute approximate surface area is 517 Å². The third-order valence-electron chi connectivity index (χ3n) is 20.0.